The fraction of sp³-hybridized carbons (Fsp3) is 0.625. The third kappa shape index (κ3) is 8.95. The predicted molar refractivity (Wildman–Crippen MR) is 172 cm³/mol. The zero-order chi connectivity index (χ0) is 33.6. The minimum absolute atomic E-state index is 0.0321. The Morgan fingerprint density at radius 3 is 2.34 bits per heavy atom. The van der Waals surface area contributed by atoms with Crippen molar-refractivity contribution >= 4 is 23.3 Å². The van der Waals surface area contributed by atoms with Crippen LogP contribution in [0.15, 0.2) is 54.2 Å². The molecule has 0 spiro atoms. The van der Waals surface area contributed by atoms with Crippen LogP contribution in [-0.2, 0) is 20.9 Å². The average Bonchev–Trinajstić information content (AvgIpc) is 3.61. The van der Waals surface area contributed by atoms with Crippen molar-refractivity contribution in [3.63, 3.8) is 0 Å². The lowest BCUT2D eigenvalue weighted by molar-refractivity contribution is -0.152. The number of rotatable bonds is 11. The smallest absolute Gasteiger partial charge is 0.379 e. The summed E-state index contributed by atoms with van der Waals surface area (Å²) in [6, 6.07) is 0.151. The molecule has 5 heterocycles. The van der Waals surface area contributed by atoms with E-state index < -0.39 is 24.9 Å². The maximum Gasteiger partial charge on any atom is 0.389 e. The number of anilines is 1. The number of amides is 2. The lowest BCUT2D eigenvalue weighted by Gasteiger charge is -2.43. The van der Waals surface area contributed by atoms with E-state index in [1.807, 2.05) is 11.0 Å². The van der Waals surface area contributed by atoms with Gasteiger partial charge in [0.1, 0.15) is 12.4 Å². The van der Waals surface area contributed by atoms with Gasteiger partial charge in [0.25, 0.3) is 0 Å². The first kappa shape index (κ1) is 34.5. The molecular formula is C32H46F3N9O3. The number of alkyl halides is 3. The van der Waals surface area contributed by atoms with Crippen molar-refractivity contribution in [3.05, 3.63) is 49.2 Å². The molecule has 15 heteroatoms. The number of morpholine rings is 1. The second-order valence-corrected chi connectivity index (χ2v) is 12.5. The standard InChI is InChI=1S/C32H46F3N9O3/c1-4-5-28(42-20-26-6-7-27(21-42)44(26)29(45)8-11-32(33,34)35)31(36-3)39-23(2)38-24-18-37-43(19-24)22-30(46)41-12-9-25(10-13-41)40-14-16-47-17-15-40/h4-5,18-19,25-27,38H,1-2,6-17,20-22H2,3H3,(H,36,39)/b28-5+. The molecule has 0 aromatic carbocycles. The number of nitrogens with one attached hydrogen (secondary N) is 2. The third-order valence-electron chi connectivity index (χ3n) is 9.33. The number of piperidine rings is 1. The van der Waals surface area contributed by atoms with E-state index in [4.69, 9.17) is 4.74 Å². The summed E-state index contributed by atoms with van der Waals surface area (Å²) >= 11 is 0. The van der Waals surface area contributed by atoms with E-state index >= 15 is 0 Å². The van der Waals surface area contributed by atoms with E-state index in [0.717, 1.165) is 70.8 Å². The van der Waals surface area contributed by atoms with Gasteiger partial charge in [0.15, 0.2) is 5.84 Å². The van der Waals surface area contributed by atoms with Gasteiger partial charge in [0, 0.05) is 77.1 Å². The molecule has 2 atom stereocenters. The van der Waals surface area contributed by atoms with Crippen molar-refractivity contribution in [2.45, 2.75) is 69.4 Å². The van der Waals surface area contributed by atoms with Crippen molar-refractivity contribution in [1.82, 2.24) is 34.7 Å². The number of aliphatic imine (C=N–C) groups is 1. The Labute approximate surface area is 273 Å². The molecule has 258 valence electrons. The number of hydrogen-bond donors (Lipinski definition) is 2. The number of piperazine rings is 1. The molecule has 4 fully saturated rings. The molecule has 1 aromatic rings. The normalized spacial score (nSPS) is 23.2. The Balaban J connectivity index is 1.14. The van der Waals surface area contributed by atoms with Gasteiger partial charge in [-0.15, -0.1) is 0 Å². The van der Waals surface area contributed by atoms with Crippen molar-refractivity contribution in [2.75, 3.05) is 64.8 Å². The second kappa shape index (κ2) is 15.4. The monoisotopic (exact) mass is 661 g/mol. The first-order valence-corrected chi connectivity index (χ1v) is 16.3. The van der Waals surface area contributed by atoms with Crippen LogP contribution >= 0.6 is 0 Å². The highest BCUT2D eigenvalue weighted by Crippen LogP contribution is 2.34. The number of likely N-dealkylation sites (tertiary alicyclic amines) is 2. The Morgan fingerprint density at radius 2 is 1.72 bits per heavy atom. The highest BCUT2D eigenvalue weighted by molar-refractivity contribution is 5.98. The number of nitrogens with zero attached hydrogens (tertiary/aromatic N) is 7. The Hall–Kier alpha value is -3.85. The van der Waals surface area contributed by atoms with E-state index in [1.54, 1.807) is 35.1 Å². The molecule has 12 nitrogen and oxygen atoms in total. The van der Waals surface area contributed by atoms with Crippen molar-refractivity contribution in [1.29, 1.82) is 0 Å². The summed E-state index contributed by atoms with van der Waals surface area (Å²) in [5, 5.41) is 10.6. The largest absolute Gasteiger partial charge is 0.389 e. The van der Waals surface area contributed by atoms with Crippen molar-refractivity contribution in [2.24, 2.45) is 4.99 Å². The molecule has 2 amide bonds. The Bertz CT molecular complexity index is 1330. The number of likely N-dealkylation sites (N-methyl/N-ethyl adjacent to an activating group) is 1. The lowest BCUT2D eigenvalue weighted by Crippen LogP contribution is -2.56. The summed E-state index contributed by atoms with van der Waals surface area (Å²) in [6.45, 7) is 13.9. The van der Waals surface area contributed by atoms with Crippen LogP contribution in [-0.4, -0.2) is 131 Å². The highest BCUT2D eigenvalue weighted by Gasteiger charge is 2.44. The first-order valence-electron chi connectivity index (χ1n) is 16.3. The molecule has 4 saturated heterocycles. The summed E-state index contributed by atoms with van der Waals surface area (Å²) in [5.74, 6) is 0.440. The summed E-state index contributed by atoms with van der Waals surface area (Å²) in [5.41, 5.74) is 1.37. The van der Waals surface area contributed by atoms with Gasteiger partial charge in [-0.05, 0) is 31.8 Å². The number of amidine groups is 1. The number of hydrogen-bond acceptors (Lipinski definition) is 8. The van der Waals surface area contributed by atoms with Gasteiger partial charge in [-0.2, -0.15) is 18.3 Å². The third-order valence-corrected chi connectivity index (χ3v) is 9.33. The van der Waals surface area contributed by atoms with Gasteiger partial charge in [-0.25, -0.2) is 4.99 Å². The van der Waals surface area contributed by atoms with Crippen LogP contribution in [0.4, 0.5) is 18.9 Å². The fourth-order valence-corrected chi connectivity index (χ4v) is 7.08. The van der Waals surface area contributed by atoms with E-state index in [-0.39, 0.29) is 24.5 Å². The van der Waals surface area contributed by atoms with E-state index in [2.05, 4.69) is 43.7 Å². The number of carbonyl (C=O) groups excluding carboxylic acids is 2. The summed E-state index contributed by atoms with van der Waals surface area (Å²) in [4.78, 5) is 38.5. The Kier molecular flexibility index (Phi) is 11.3. The number of carbonyl (C=O) groups is 2. The zero-order valence-corrected chi connectivity index (χ0v) is 27.1. The number of ether oxygens (including phenoxy) is 1. The molecule has 0 radical (unpaired) electrons. The SMILES string of the molecule is C=C/C=C(\C(=N\C(=C)Nc1cnn(CC(=O)N2CCC(N3CCOCC3)CC2)c1)NC)N1CC2CCC(C1)N2C(=O)CCC(F)(F)F. The fourth-order valence-electron chi connectivity index (χ4n) is 7.08. The minimum Gasteiger partial charge on any atom is -0.379 e. The lowest BCUT2D eigenvalue weighted by atomic mass is 10.0. The van der Waals surface area contributed by atoms with Crippen molar-refractivity contribution in [3.8, 4) is 0 Å². The van der Waals surface area contributed by atoms with Crippen molar-refractivity contribution < 1.29 is 27.5 Å². The summed E-state index contributed by atoms with van der Waals surface area (Å²) < 4.78 is 45.3. The van der Waals surface area contributed by atoms with Gasteiger partial charge in [0.05, 0.1) is 37.2 Å². The van der Waals surface area contributed by atoms with Crippen LogP contribution in [0.5, 0.6) is 0 Å². The van der Waals surface area contributed by atoms with Crippen LogP contribution in [0.1, 0.15) is 38.5 Å². The van der Waals surface area contributed by atoms with Gasteiger partial charge >= 0.3 is 6.18 Å². The molecular weight excluding hydrogens is 615 g/mol. The van der Waals surface area contributed by atoms with Crippen LogP contribution in [0, 0.1) is 0 Å². The van der Waals surface area contributed by atoms with Gasteiger partial charge in [-0.1, -0.05) is 19.2 Å². The van der Waals surface area contributed by atoms with Crippen LogP contribution in [0.3, 0.4) is 0 Å². The van der Waals surface area contributed by atoms with E-state index in [9.17, 15) is 22.8 Å². The quantitative estimate of drug-likeness (QED) is 0.212. The maximum atomic E-state index is 13.0. The molecule has 5 rings (SSSR count). The second-order valence-electron chi connectivity index (χ2n) is 12.5. The number of allylic oxidation sites excluding steroid dienone is 2. The van der Waals surface area contributed by atoms with Crippen LogP contribution in [0.2, 0.25) is 0 Å². The van der Waals surface area contributed by atoms with Crippen LogP contribution < -0.4 is 10.6 Å². The molecule has 2 bridgehead atoms. The van der Waals surface area contributed by atoms with Gasteiger partial charge in [-0.3, -0.25) is 19.2 Å². The first-order chi connectivity index (χ1) is 22.5. The number of aromatic nitrogens is 2. The number of fused-ring (bicyclic) bond motifs is 2. The Morgan fingerprint density at radius 1 is 1.04 bits per heavy atom. The van der Waals surface area contributed by atoms with Gasteiger partial charge in [0.2, 0.25) is 11.8 Å². The van der Waals surface area contributed by atoms with E-state index in [1.165, 1.54) is 0 Å². The van der Waals surface area contributed by atoms with E-state index in [0.29, 0.717) is 36.5 Å². The molecule has 2 N–H and O–H groups in total. The molecule has 1 aromatic heterocycles. The molecule has 47 heavy (non-hydrogen) atoms. The average molecular weight is 662 g/mol. The van der Waals surface area contributed by atoms with Crippen LogP contribution in [0.25, 0.3) is 0 Å². The molecule has 4 aliphatic rings. The molecule has 2 unspecified atom stereocenters. The van der Waals surface area contributed by atoms with Gasteiger partial charge < -0.3 is 30.1 Å². The molecule has 4 aliphatic heterocycles. The molecule has 0 aliphatic carbocycles. The summed E-state index contributed by atoms with van der Waals surface area (Å²) in [6.07, 6.45) is 4.22. The minimum atomic E-state index is -4.36. The zero-order valence-electron chi connectivity index (χ0n) is 27.1. The molecule has 0 saturated carbocycles. The predicted octanol–water partition coefficient (Wildman–Crippen LogP) is 2.79. The summed E-state index contributed by atoms with van der Waals surface area (Å²) in [7, 11) is 1.74. The number of halogens is 3. The topological polar surface area (TPSA) is 111 Å². The highest BCUT2D eigenvalue weighted by atomic mass is 19.4. The maximum absolute atomic E-state index is 13.0.